The summed E-state index contributed by atoms with van der Waals surface area (Å²) >= 11 is 0. The fourth-order valence-corrected chi connectivity index (χ4v) is 2.00. The molecule has 0 aromatic carbocycles. The maximum Gasteiger partial charge on any atom is 0.305 e. The van der Waals surface area contributed by atoms with Crippen molar-refractivity contribution in [3.63, 3.8) is 0 Å². The van der Waals surface area contributed by atoms with Crippen molar-refractivity contribution in [3.8, 4) is 0 Å². The van der Waals surface area contributed by atoms with E-state index in [0.717, 1.165) is 25.0 Å². The van der Waals surface area contributed by atoms with Gasteiger partial charge in [-0.1, -0.05) is 18.5 Å². The number of carbonyl (C=O) groups is 2. The molecule has 1 unspecified atom stereocenters. The predicted molar refractivity (Wildman–Crippen MR) is 66.9 cm³/mol. The van der Waals surface area contributed by atoms with Crippen LogP contribution in [0.15, 0.2) is 10.6 Å². The molecule has 0 aliphatic heterocycles. The Kier molecular flexibility index (Phi) is 4.19. The maximum absolute atomic E-state index is 11.9. The van der Waals surface area contributed by atoms with Crippen LogP contribution in [0.2, 0.25) is 0 Å². The van der Waals surface area contributed by atoms with Crippen LogP contribution in [0.25, 0.3) is 0 Å². The van der Waals surface area contributed by atoms with Crippen LogP contribution in [0.5, 0.6) is 0 Å². The van der Waals surface area contributed by atoms with Gasteiger partial charge in [0.15, 0.2) is 5.69 Å². The Morgan fingerprint density at radius 2 is 2.32 bits per heavy atom. The molecular formula is C13H18N2O4. The Hall–Kier alpha value is -1.85. The Labute approximate surface area is 111 Å². The van der Waals surface area contributed by atoms with Crippen molar-refractivity contribution >= 4 is 11.9 Å². The molecule has 2 rings (SSSR count). The lowest BCUT2D eigenvalue weighted by atomic mass is 10.1. The first-order valence-corrected chi connectivity index (χ1v) is 6.59. The van der Waals surface area contributed by atoms with E-state index in [4.69, 9.17) is 9.63 Å². The van der Waals surface area contributed by atoms with Crippen LogP contribution in [0, 0.1) is 0 Å². The van der Waals surface area contributed by atoms with E-state index < -0.39 is 5.97 Å². The number of hydrogen-bond acceptors (Lipinski definition) is 4. The number of rotatable bonds is 7. The van der Waals surface area contributed by atoms with Crippen LogP contribution < -0.4 is 5.32 Å². The first kappa shape index (κ1) is 13.6. The summed E-state index contributed by atoms with van der Waals surface area (Å²) in [5.41, 5.74) is 0.230. The normalized spacial score (nSPS) is 16.1. The standard InChI is InChI=1S/C13H18N2O4/c1-2-3-9(6-12(16)17)14-13(18)10-7-11(19-15-10)8-4-5-8/h7-9H,2-6H2,1H3,(H,14,18)(H,16,17). The van der Waals surface area contributed by atoms with Crippen molar-refractivity contribution in [2.45, 2.75) is 51.0 Å². The highest BCUT2D eigenvalue weighted by atomic mass is 16.5. The smallest absolute Gasteiger partial charge is 0.305 e. The van der Waals surface area contributed by atoms with Crippen LogP contribution >= 0.6 is 0 Å². The fraction of sp³-hybridized carbons (Fsp3) is 0.615. The molecule has 6 heteroatoms. The lowest BCUT2D eigenvalue weighted by molar-refractivity contribution is -0.137. The molecule has 0 radical (unpaired) electrons. The van der Waals surface area contributed by atoms with Gasteiger partial charge in [-0.2, -0.15) is 0 Å². The molecule has 1 atom stereocenters. The van der Waals surface area contributed by atoms with Crippen molar-refractivity contribution in [1.29, 1.82) is 0 Å². The second-order valence-electron chi connectivity index (χ2n) is 4.95. The second-order valence-corrected chi connectivity index (χ2v) is 4.95. The van der Waals surface area contributed by atoms with E-state index in [2.05, 4.69) is 10.5 Å². The molecular weight excluding hydrogens is 248 g/mol. The third-order valence-corrected chi connectivity index (χ3v) is 3.13. The van der Waals surface area contributed by atoms with Gasteiger partial charge in [0, 0.05) is 18.0 Å². The van der Waals surface area contributed by atoms with E-state index in [-0.39, 0.29) is 24.1 Å². The molecule has 2 N–H and O–H groups in total. The van der Waals surface area contributed by atoms with Gasteiger partial charge in [-0.25, -0.2) is 0 Å². The molecule has 0 spiro atoms. The lowest BCUT2D eigenvalue weighted by Gasteiger charge is -2.14. The van der Waals surface area contributed by atoms with E-state index in [1.54, 1.807) is 6.07 Å². The molecule has 1 aromatic rings. The van der Waals surface area contributed by atoms with Crippen LogP contribution in [0.4, 0.5) is 0 Å². The molecule has 1 saturated carbocycles. The quantitative estimate of drug-likeness (QED) is 0.786. The van der Waals surface area contributed by atoms with Gasteiger partial charge in [0.05, 0.1) is 6.42 Å². The van der Waals surface area contributed by atoms with Gasteiger partial charge < -0.3 is 14.9 Å². The van der Waals surface area contributed by atoms with Crippen LogP contribution in [0.3, 0.4) is 0 Å². The zero-order chi connectivity index (χ0) is 13.8. The number of nitrogens with one attached hydrogen (secondary N) is 1. The summed E-state index contributed by atoms with van der Waals surface area (Å²) in [6.45, 7) is 1.95. The maximum atomic E-state index is 11.9. The fourth-order valence-electron chi connectivity index (χ4n) is 2.00. The molecule has 104 valence electrons. The molecule has 1 aromatic heterocycles. The van der Waals surface area contributed by atoms with Gasteiger partial charge in [-0.3, -0.25) is 9.59 Å². The van der Waals surface area contributed by atoms with E-state index >= 15 is 0 Å². The minimum absolute atomic E-state index is 0.0765. The number of carboxylic acid groups (broad SMARTS) is 1. The predicted octanol–water partition coefficient (Wildman–Crippen LogP) is 1.93. The number of carboxylic acids is 1. The zero-order valence-corrected chi connectivity index (χ0v) is 10.9. The minimum atomic E-state index is -0.919. The van der Waals surface area contributed by atoms with Crippen molar-refractivity contribution in [3.05, 3.63) is 17.5 Å². The topological polar surface area (TPSA) is 92.4 Å². The molecule has 1 amide bonds. The third-order valence-electron chi connectivity index (χ3n) is 3.13. The Balaban J connectivity index is 1.94. The van der Waals surface area contributed by atoms with Gasteiger partial charge >= 0.3 is 5.97 Å². The highest BCUT2D eigenvalue weighted by molar-refractivity contribution is 5.92. The average Bonchev–Trinajstić information content (AvgIpc) is 3.06. The van der Waals surface area contributed by atoms with Gasteiger partial charge in [-0.05, 0) is 19.3 Å². The van der Waals surface area contributed by atoms with E-state index in [1.165, 1.54) is 0 Å². The summed E-state index contributed by atoms with van der Waals surface area (Å²) in [7, 11) is 0. The number of carbonyl (C=O) groups excluding carboxylic acids is 1. The van der Waals surface area contributed by atoms with E-state index in [0.29, 0.717) is 12.3 Å². The van der Waals surface area contributed by atoms with Crippen molar-refractivity contribution < 1.29 is 19.2 Å². The minimum Gasteiger partial charge on any atom is -0.481 e. The van der Waals surface area contributed by atoms with Gasteiger partial charge in [-0.15, -0.1) is 0 Å². The largest absolute Gasteiger partial charge is 0.481 e. The van der Waals surface area contributed by atoms with Gasteiger partial charge in [0.25, 0.3) is 5.91 Å². The average molecular weight is 266 g/mol. The monoisotopic (exact) mass is 266 g/mol. The second kappa shape index (κ2) is 5.86. The third kappa shape index (κ3) is 3.81. The molecule has 1 aliphatic carbocycles. The summed E-state index contributed by atoms with van der Waals surface area (Å²) in [4.78, 5) is 22.7. The molecule has 0 bridgehead atoms. The van der Waals surface area contributed by atoms with Crippen LogP contribution in [0.1, 0.15) is 61.2 Å². The lowest BCUT2D eigenvalue weighted by Crippen LogP contribution is -2.36. The highest BCUT2D eigenvalue weighted by Gasteiger charge is 2.29. The number of nitrogens with zero attached hydrogens (tertiary/aromatic N) is 1. The van der Waals surface area contributed by atoms with Crippen LogP contribution in [-0.4, -0.2) is 28.2 Å². The van der Waals surface area contributed by atoms with Crippen molar-refractivity contribution in [1.82, 2.24) is 10.5 Å². The Morgan fingerprint density at radius 3 is 2.89 bits per heavy atom. The molecule has 0 saturated heterocycles. The van der Waals surface area contributed by atoms with E-state index in [1.807, 2.05) is 6.92 Å². The van der Waals surface area contributed by atoms with Crippen LogP contribution in [-0.2, 0) is 4.79 Å². The first-order chi connectivity index (χ1) is 9.10. The summed E-state index contributed by atoms with van der Waals surface area (Å²) in [5, 5.41) is 15.2. The Bertz CT molecular complexity index is 465. The molecule has 1 aliphatic rings. The molecule has 1 heterocycles. The molecule has 19 heavy (non-hydrogen) atoms. The van der Waals surface area contributed by atoms with Crippen molar-refractivity contribution in [2.75, 3.05) is 0 Å². The number of amides is 1. The Morgan fingerprint density at radius 1 is 1.58 bits per heavy atom. The summed E-state index contributed by atoms with van der Waals surface area (Å²) in [6.07, 6.45) is 3.52. The molecule has 1 fully saturated rings. The number of hydrogen-bond donors (Lipinski definition) is 2. The summed E-state index contributed by atoms with van der Waals surface area (Å²) in [5.74, 6) is -0.136. The first-order valence-electron chi connectivity index (χ1n) is 6.59. The van der Waals surface area contributed by atoms with Crippen molar-refractivity contribution in [2.24, 2.45) is 0 Å². The number of aliphatic carboxylic acids is 1. The summed E-state index contributed by atoms with van der Waals surface area (Å²) in [6, 6.07) is 1.28. The van der Waals surface area contributed by atoms with Gasteiger partial charge in [0.1, 0.15) is 5.76 Å². The van der Waals surface area contributed by atoms with E-state index in [9.17, 15) is 9.59 Å². The molecule has 6 nitrogen and oxygen atoms in total. The van der Waals surface area contributed by atoms with Gasteiger partial charge in [0.2, 0.25) is 0 Å². The summed E-state index contributed by atoms with van der Waals surface area (Å²) < 4.78 is 5.11. The SMILES string of the molecule is CCCC(CC(=O)O)NC(=O)c1cc(C2CC2)on1. The zero-order valence-electron chi connectivity index (χ0n) is 10.9. The highest BCUT2D eigenvalue weighted by Crippen LogP contribution is 2.40. The number of aromatic nitrogens is 1.